The molecule has 0 radical (unpaired) electrons. The van der Waals surface area contributed by atoms with Gasteiger partial charge in [-0.2, -0.15) is 0 Å². The molecule has 1 aliphatic heterocycles. The predicted octanol–water partition coefficient (Wildman–Crippen LogP) is 1.09. The number of fused-ring (bicyclic) bond motifs is 1. The maximum Gasteiger partial charge on any atom is 0.203 e. The van der Waals surface area contributed by atoms with Gasteiger partial charge in [0.1, 0.15) is 6.33 Å². The van der Waals surface area contributed by atoms with Gasteiger partial charge in [0.25, 0.3) is 0 Å². The van der Waals surface area contributed by atoms with Crippen LogP contribution in [0.5, 0.6) is 0 Å². The van der Waals surface area contributed by atoms with Crippen molar-refractivity contribution in [2.24, 2.45) is 5.92 Å². The lowest BCUT2D eigenvalue weighted by Gasteiger charge is -2.31. The summed E-state index contributed by atoms with van der Waals surface area (Å²) in [4.78, 5) is 7.05. The number of nitrogens with zero attached hydrogens (tertiary/aromatic N) is 5. The molecule has 106 valence electrons. The first-order chi connectivity index (χ1) is 9.92. The molecule has 2 aromatic heterocycles. The fourth-order valence-corrected chi connectivity index (χ4v) is 3.10. The van der Waals surface area contributed by atoms with Gasteiger partial charge in [0.05, 0.1) is 0 Å². The van der Waals surface area contributed by atoms with Crippen LogP contribution in [0.3, 0.4) is 0 Å². The molecule has 1 saturated carbocycles. The fraction of sp³-hybridized carbons (Fsp3) is 0.643. The van der Waals surface area contributed by atoms with Crippen LogP contribution in [0.1, 0.15) is 25.7 Å². The Hall–Kier alpha value is -1.69. The summed E-state index contributed by atoms with van der Waals surface area (Å²) < 4.78 is 1.96. The van der Waals surface area contributed by atoms with Crippen molar-refractivity contribution >= 4 is 11.5 Å². The molecule has 4 rings (SSSR count). The van der Waals surface area contributed by atoms with Crippen molar-refractivity contribution in [2.75, 3.05) is 24.5 Å². The van der Waals surface area contributed by atoms with Crippen LogP contribution in [-0.2, 0) is 0 Å². The lowest BCUT2D eigenvalue weighted by Crippen LogP contribution is -2.39. The minimum Gasteiger partial charge on any atom is -0.350 e. The summed E-state index contributed by atoms with van der Waals surface area (Å²) >= 11 is 0. The van der Waals surface area contributed by atoms with Gasteiger partial charge in [-0.25, -0.2) is 4.98 Å². The molecule has 6 nitrogen and oxygen atoms in total. The van der Waals surface area contributed by atoms with Gasteiger partial charge >= 0.3 is 0 Å². The molecule has 3 heterocycles. The Morgan fingerprint density at radius 1 is 1.35 bits per heavy atom. The molecule has 1 aliphatic carbocycles. The van der Waals surface area contributed by atoms with E-state index in [1.54, 1.807) is 6.33 Å². The molecule has 2 fully saturated rings. The molecule has 1 unspecified atom stereocenters. The first-order valence-electron chi connectivity index (χ1n) is 7.53. The Morgan fingerprint density at radius 2 is 2.30 bits per heavy atom. The third-order valence-corrected chi connectivity index (χ3v) is 4.31. The lowest BCUT2D eigenvalue weighted by atomic mass is 9.99. The van der Waals surface area contributed by atoms with Crippen molar-refractivity contribution in [2.45, 2.75) is 31.7 Å². The van der Waals surface area contributed by atoms with Gasteiger partial charge in [0, 0.05) is 25.0 Å². The van der Waals surface area contributed by atoms with E-state index in [1.807, 2.05) is 16.8 Å². The molecule has 0 aromatic carbocycles. The van der Waals surface area contributed by atoms with Gasteiger partial charge in [0.15, 0.2) is 5.82 Å². The minimum absolute atomic E-state index is 0.646. The first-order valence-corrected chi connectivity index (χ1v) is 7.53. The number of aromatic nitrogens is 4. The monoisotopic (exact) mass is 272 g/mol. The fourth-order valence-electron chi connectivity index (χ4n) is 3.10. The van der Waals surface area contributed by atoms with Crippen LogP contribution in [0.25, 0.3) is 5.65 Å². The average Bonchev–Trinajstić information content (AvgIpc) is 3.22. The Balaban J connectivity index is 1.63. The minimum atomic E-state index is 0.646. The topological polar surface area (TPSA) is 58.4 Å². The quantitative estimate of drug-likeness (QED) is 0.903. The van der Waals surface area contributed by atoms with Crippen LogP contribution >= 0.6 is 0 Å². The smallest absolute Gasteiger partial charge is 0.203 e. The number of anilines is 1. The van der Waals surface area contributed by atoms with Crippen LogP contribution in [0, 0.1) is 5.92 Å². The lowest BCUT2D eigenvalue weighted by molar-refractivity contribution is 0.375. The van der Waals surface area contributed by atoms with E-state index < -0.39 is 0 Å². The zero-order valence-corrected chi connectivity index (χ0v) is 11.6. The van der Waals surface area contributed by atoms with E-state index in [9.17, 15) is 0 Å². The number of hydrogen-bond acceptors (Lipinski definition) is 5. The molecule has 0 amide bonds. The summed E-state index contributed by atoms with van der Waals surface area (Å²) in [5.74, 6) is 1.72. The summed E-state index contributed by atoms with van der Waals surface area (Å²) in [7, 11) is 0. The SMILES string of the molecule is c1cn2cnnc2c(N(CC2CCCNC2)C2CC2)n1. The van der Waals surface area contributed by atoms with Crippen LogP contribution in [0.4, 0.5) is 5.82 Å². The second-order valence-corrected chi connectivity index (χ2v) is 5.91. The van der Waals surface area contributed by atoms with Crippen LogP contribution in [0.2, 0.25) is 0 Å². The normalized spacial score (nSPS) is 23.1. The molecule has 1 N–H and O–H groups in total. The summed E-state index contributed by atoms with van der Waals surface area (Å²) in [6.45, 7) is 3.37. The number of rotatable bonds is 4. The highest BCUT2D eigenvalue weighted by Gasteiger charge is 2.33. The van der Waals surface area contributed by atoms with Crippen molar-refractivity contribution in [3.8, 4) is 0 Å². The molecule has 2 aliphatic rings. The molecule has 2 aromatic rings. The summed E-state index contributed by atoms with van der Waals surface area (Å²) in [6.07, 6.45) is 10.6. The third kappa shape index (κ3) is 2.24. The third-order valence-electron chi connectivity index (χ3n) is 4.31. The van der Waals surface area contributed by atoms with Crippen molar-refractivity contribution in [3.05, 3.63) is 18.7 Å². The second kappa shape index (κ2) is 5.01. The highest BCUT2D eigenvalue weighted by Crippen LogP contribution is 2.33. The summed E-state index contributed by atoms with van der Waals surface area (Å²) in [6, 6.07) is 0.646. The van der Waals surface area contributed by atoms with E-state index in [1.165, 1.54) is 25.7 Å². The van der Waals surface area contributed by atoms with Gasteiger partial charge in [-0.1, -0.05) is 0 Å². The first kappa shape index (κ1) is 12.1. The van der Waals surface area contributed by atoms with E-state index in [0.717, 1.165) is 31.1 Å². The van der Waals surface area contributed by atoms with Crippen LogP contribution in [-0.4, -0.2) is 45.3 Å². The predicted molar refractivity (Wildman–Crippen MR) is 76.7 cm³/mol. The molecule has 1 saturated heterocycles. The Bertz CT molecular complexity index is 584. The molecular formula is C14H20N6. The zero-order chi connectivity index (χ0) is 13.4. The largest absolute Gasteiger partial charge is 0.350 e. The standard InChI is InChI=1S/C14H20N6/c1-2-11(8-15-5-1)9-20(12-3-4-12)13-14-18-17-10-19(14)7-6-16-13/h6-7,10-12,15H,1-5,8-9H2. The molecular weight excluding hydrogens is 252 g/mol. The summed E-state index contributed by atoms with van der Waals surface area (Å²) in [5, 5.41) is 11.7. The van der Waals surface area contributed by atoms with Crippen LogP contribution < -0.4 is 10.2 Å². The van der Waals surface area contributed by atoms with E-state index in [-0.39, 0.29) is 0 Å². The van der Waals surface area contributed by atoms with E-state index in [2.05, 4.69) is 25.4 Å². The molecule has 0 bridgehead atoms. The molecule has 0 spiro atoms. The van der Waals surface area contributed by atoms with Gasteiger partial charge < -0.3 is 10.2 Å². The van der Waals surface area contributed by atoms with E-state index in [0.29, 0.717) is 12.0 Å². The number of hydrogen-bond donors (Lipinski definition) is 1. The summed E-state index contributed by atoms with van der Waals surface area (Å²) in [5.41, 5.74) is 0.878. The maximum atomic E-state index is 4.59. The van der Waals surface area contributed by atoms with Crippen LogP contribution in [0.15, 0.2) is 18.7 Å². The Kier molecular flexibility index (Phi) is 3.03. The van der Waals surface area contributed by atoms with Gasteiger partial charge in [-0.05, 0) is 44.7 Å². The average molecular weight is 272 g/mol. The van der Waals surface area contributed by atoms with Gasteiger partial charge in [-0.15, -0.1) is 10.2 Å². The second-order valence-electron chi connectivity index (χ2n) is 5.91. The van der Waals surface area contributed by atoms with E-state index >= 15 is 0 Å². The van der Waals surface area contributed by atoms with Crippen molar-refractivity contribution in [1.82, 2.24) is 24.9 Å². The maximum absolute atomic E-state index is 4.59. The Labute approximate surface area is 118 Å². The van der Waals surface area contributed by atoms with Gasteiger partial charge in [-0.3, -0.25) is 4.40 Å². The number of piperidine rings is 1. The van der Waals surface area contributed by atoms with Crippen molar-refractivity contribution in [1.29, 1.82) is 0 Å². The highest BCUT2D eigenvalue weighted by atomic mass is 15.3. The number of nitrogens with one attached hydrogen (secondary N) is 1. The zero-order valence-electron chi connectivity index (χ0n) is 11.6. The van der Waals surface area contributed by atoms with Crippen molar-refractivity contribution < 1.29 is 0 Å². The van der Waals surface area contributed by atoms with Gasteiger partial charge in [0.2, 0.25) is 5.65 Å². The molecule has 6 heteroatoms. The molecule has 1 atom stereocenters. The molecule has 20 heavy (non-hydrogen) atoms. The Morgan fingerprint density at radius 3 is 3.10 bits per heavy atom. The van der Waals surface area contributed by atoms with E-state index in [4.69, 9.17) is 0 Å². The van der Waals surface area contributed by atoms with Crippen molar-refractivity contribution in [3.63, 3.8) is 0 Å². The highest BCUT2D eigenvalue weighted by molar-refractivity contribution is 5.64.